The van der Waals surface area contributed by atoms with Gasteiger partial charge in [-0.3, -0.25) is 4.79 Å². The number of rotatable bonds is 3. The van der Waals surface area contributed by atoms with Gasteiger partial charge in [0.1, 0.15) is 0 Å². The summed E-state index contributed by atoms with van der Waals surface area (Å²) >= 11 is 0. The molecule has 1 aliphatic carbocycles. The fourth-order valence-corrected chi connectivity index (χ4v) is 3.37. The number of nitrogens with one attached hydrogen (secondary N) is 1. The van der Waals surface area contributed by atoms with Crippen molar-refractivity contribution in [3.63, 3.8) is 0 Å². The maximum absolute atomic E-state index is 12.2. The van der Waals surface area contributed by atoms with E-state index in [0.717, 1.165) is 32.4 Å². The van der Waals surface area contributed by atoms with E-state index in [-0.39, 0.29) is 5.91 Å². The van der Waals surface area contributed by atoms with Gasteiger partial charge in [0.05, 0.1) is 6.54 Å². The fourth-order valence-electron chi connectivity index (χ4n) is 3.37. The van der Waals surface area contributed by atoms with Crippen LogP contribution >= 0.6 is 0 Å². The second-order valence-corrected chi connectivity index (χ2v) is 5.95. The van der Waals surface area contributed by atoms with E-state index in [9.17, 15) is 4.79 Å². The zero-order valence-corrected chi connectivity index (χ0v) is 12.2. The van der Waals surface area contributed by atoms with Crippen LogP contribution in [0.25, 0.3) is 0 Å². The first kappa shape index (κ1) is 13.5. The first-order chi connectivity index (χ1) is 9.84. The van der Waals surface area contributed by atoms with Gasteiger partial charge in [0, 0.05) is 18.8 Å². The van der Waals surface area contributed by atoms with Crippen molar-refractivity contribution in [2.75, 3.05) is 25.0 Å². The third kappa shape index (κ3) is 2.97. The summed E-state index contributed by atoms with van der Waals surface area (Å²) in [6, 6.07) is 6.46. The van der Waals surface area contributed by atoms with E-state index < -0.39 is 0 Å². The highest BCUT2D eigenvalue weighted by atomic mass is 16.2. The molecular formula is C17H24N2O. The summed E-state index contributed by atoms with van der Waals surface area (Å²) in [4.78, 5) is 14.2. The summed E-state index contributed by atoms with van der Waals surface area (Å²) in [5, 5.41) is 3.38. The molecule has 0 spiro atoms. The Hall–Kier alpha value is -1.51. The van der Waals surface area contributed by atoms with Crippen LogP contribution in [0.3, 0.4) is 0 Å². The Labute approximate surface area is 121 Å². The summed E-state index contributed by atoms with van der Waals surface area (Å²) in [6.07, 6.45) is 8.48. The van der Waals surface area contributed by atoms with E-state index in [4.69, 9.17) is 0 Å². The molecule has 1 saturated heterocycles. The molecule has 1 aromatic carbocycles. The first-order valence-corrected chi connectivity index (χ1v) is 7.97. The van der Waals surface area contributed by atoms with Crippen LogP contribution in [0.1, 0.15) is 43.2 Å². The van der Waals surface area contributed by atoms with Gasteiger partial charge in [-0.05, 0) is 62.1 Å². The van der Waals surface area contributed by atoms with Crippen LogP contribution in [-0.4, -0.2) is 30.4 Å². The number of amides is 1. The topological polar surface area (TPSA) is 32.3 Å². The first-order valence-electron chi connectivity index (χ1n) is 7.97. The number of likely N-dealkylation sites (tertiary alicyclic amines) is 1. The van der Waals surface area contributed by atoms with Crippen molar-refractivity contribution in [3.8, 4) is 0 Å². The number of benzene rings is 1. The lowest BCUT2D eigenvalue weighted by atomic mass is 9.90. The normalized spacial score (nSPS) is 18.5. The van der Waals surface area contributed by atoms with Crippen LogP contribution in [0.4, 0.5) is 5.69 Å². The van der Waals surface area contributed by atoms with Crippen LogP contribution in [-0.2, 0) is 17.6 Å². The summed E-state index contributed by atoms with van der Waals surface area (Å²) in [5.41, 5.74) is 4.07. The predicted molar refractivity (Wildman–Crippen MR) is 82.0 cm³/mol. The molecule has 1 aromatic rings. The van der Waals surface area contributed by atoms with Gasteiger partial charge in [-0.1, -0.05) is 12.1 Å². The lowest BCUT2D eigenvalue weighted by Gasteiger charge is -2.27. The maximum Gasteiger partial charge on any atom is 0.241 e. The molecule has 3 heteroatoms. The largest absolute Gasteiger partial charge is 0.376 e. The lowest BCUT2D eigenvalue weighted by molar-refractivity contribution is -0.130. The van der Waals surface area contributed by atoms with Crippen LogP contribution in [0, 0.1) is 0 Å². The Morgan fingerprint density at radius 3 is 2.70 bits per heavy atom. The van der Waals surface area contributed by atoms with Gasteiger partial charge in [0.25, 0.3) is 0 Å². The highest BCUT2D eigenvalue weighted by Gasteiger charge is 2.17. The summed E-state index contributed by atoms with van der Waals surface area (Å²) in [6.45, 7) is 2.32. The standard InChI is InChI=1S/C17H24N2O/c20-17(19-11-4-1-5-12-19)13-18-16-10-6-8-14-7-2-3-9-15(14)16/h6,8,10,18H,1-5,7,9,11-13H2. The summed E-state index contributed by atoms with van der Waals surface area (Å²) in [7, 11) is 0. The molecule has 1 heterocycles. The number of fused-ring (bicyclic) bond motifs is 1. The Morgan fingerprint density at radius 1 is 1.05 bits per heavy atom. The fraction of sp³-hybridized carbons (Fsp3) is 0.588. The predicted octanol–water partition coefficient (Wildman–Crippen LogP) is 2.99. The van der Waals surface area contributed by atoms with Crippen molar-refractivity contribution >= 4 is 11.6 Å². The Bertz CT molecular complexity index is 478. The monoisotopic (exact) mass is 272 g/mol. The summed E-state index contributed by atoms with van der Waals surface area (Å²) < 4.78 is 0. The minimum Gasteiger partial charge on any atom is -0.376 e. The molecule has 0 aromatic heterocycles. The van der Waals surface area contributed by atoms with Crippen molar-refractivity contribution in [2.24, 2.45) is 0 Å². The second kappa shape index (κ2) is 6.29. The van der Waals surface area contributed by atoms with Crippen LogP contribution in [0.2, 0.25) is 0 Å². The number of carbonyl (C=O) groups is 1. The lowest BCUT2D eigenvalue weighted by Crippen LogP contribution is -2.39. The SMILES string of the molecule is O=C(CNc1cccc2c1CCCC2)N1CCCCC1. The van der Waals surface area contributed by atoms with Crippen molar-refractivity contribution in [3.05, 3.63) is 29.3 Å². The van der Waals surface area contributed by atoms with E-state index in [1.165, 1.54) is 42.5 Å². The quantitative estimate of drug-likeness (QED) is 0.917. The molecule has 0 radical (unpaired) electrons. The van der Waals surface area contributed by atoms with Gasteiger partial charge in [-0.2, -0.15) is 0 Å². The molecule has 108 valence electrons. The molecule has 1 fully saturated rings. The number of hydrogen-bond donors (Lipinski definition) is 1. The van der Waals surface area contributed by atoms with Crippen molar-refractivity contribution in [1.29, 1.82) is 0 Å². The Balaban J connectivity index is 1.62. The van der Waals surface area contributed by atoms with E-state index >= 15 is 0 Å². The van der Waals surface area contributed by atoms with E-state index in [1.807, 2.05) is 4.90 Å². The molecule has 3 rings (SSSR count). The van der Waals surface area contributed by atoms with E-state index in [1.54, 1.807) is 0 Å². The molecule has 0 atom stereocenters. The van der Waals surface area contributed by atoms with Gasteiger partial charge >= 0.3 is 0 Å². The van der Waals surface area contributed by atoms with Gasteiger partial charge < -0.3 is 10.2 Å². The van der Waals surface area contributed by atoms with Crippen molar-refractivity contribution in [1.82, 2.24) is 4.90 Å². The van der Waals surface area contributed by atoms with Gasteiger partial charge in [0.15, 0.2) is 0 Å². The van der Waals surface area contributed by atoms with E-state index in [2.05, 4.69) is 23.5 Å². The number of aryl methyl sites for hydroxylation is 1. The minimum absolute atomic E-state index is 0.248. The molecule has 1 amide bonds. The third-order valence-electron chi connectivity index (χ3n) is 4.53. The van der Waals surface area contributed by atoms with Crippen LogP contribution < -0.4 is 5.32 Å². The Morgan fingerprint density at radius 2 is 1.85 bits per heavy atom. The molecule has 0 unspecified atom stereocenters. The molecule has 2 aliphatic rings. The van der Waals surface area contributed by atoms with Gasteiger partial charge in [-0.15, -0.1) is 0 Å². The number of anilines is 1. The Kier molecular flexibility index (Phi) is 4.24. The summed E-state index contributed by atoms with van der Waals surface area (Å²) in [5.74, 6) is 0.248. The minimum atomic E-state index is 0.248. The number of hydrogen-bond acceptors (Lipinski definition) is 2. The molecule has 1 aliphatic heterocycles. The highest BCUT2D eigenvalue weighted by Crippen LogP contribution is 2.27. The molecule has 20 heavy (non-hydrogen) atoms. The number of nitrogens with zero attached hydrogens (tertiary/aromatic N) is 1. The van der Waals surface area contributed by atoms with Crippen molar-refractivity contribution in [2.45, 2.75) is 44.9 Å². The van der Waals surface area contributed by atoms with Crippen LogP contribution in [0.5, 0.6) is 0 Å². The molecule has 1 N–H and O–H groups in total. The number of piperidine rings is 1. The van der Waals surface area contributed by atoms with Gasteiger partial charge in [0.2, 0.25) is 5.91 Å². The zero-order chi connectivity index (χ0) is 13.8. The average Bonchev–Trinajstić information content (AvgIpc) is 2.53. The molecule has 3 nitrogen and oxygen atoms in total. The maximum atomic E-state index is 12.2. The number of carbonyl (C=O) groups excluding carboxylic acids is 1. The van der Waals surface area contributed by atoms with Crippen molar-refractivity contribution < 1.29 is 4.79 Å². The molecule has 0 bridgehead atoms. The smallest absolute Gasteiger partial charge is 0.241 e. The second-order valence-electron chi connectivity index (χ2n) is 5.95. The van der Waals surface area contributed by atoms with Crippen LogP contribution in [0.15, 0.2) is 18.2 Å². The zero-order valence-electron chi connectivity index (χ0n) is 12.2. The highest BCUT2D eigenvalue weighted by molar-refractivity contribution is 5.81. The van der Waals surface area contributed by atoms with Gasteiger partial charge in [-0.25, -0.2) is 0 Å². The molecular weight excluding hydrogens is 248 g/mol. The van der Waals surface area contributed by atoms with E-state index in [0.29, 0.717) is 6.54 Å². The third-order valence-corrected chi connectivity index (χ3v) is 4.53. The molecule has 0 saturated carbocycles. The average molecular weight is 272 g/mol.